The van der Waals surface area contributed by atoms with E-state index in [4.69, 9.17) is 11.6 Å². The first-order valence-electron chi connectivity index (χ1n) is 4.66. The van der Waals surface area contributed by atoms with E-state index >= 15 is 0 Å². The number of ketones is 1. The standard InChI is InChI=1S/C10H13ClO2/c1-9(2)6-3-4-10(9,8(11)13)7(12)5-6/h6H,3-5H2,1-2H3/t6-,10-/m1/s1. The summed E-state index contributed by atoms with van der Waals surface area (Å²) in [7, 11) is 0. The minimum atomic E-state index is -0.848. The van der Waals surface area contributed by atoms with Gasteiger partial charge in [-0.2, -0.15) is 0 Å². The lowest BCUT2D eigenvalue weighted by Gasteiger charge is -2.32. The lowest BCUT2D eigenvalue weighted by Crippen LogP contribution is -2.41. The maximum Gasteiger partial charge on any atom is 0.235 e. The number of rotatable bonds is 1. The first-order valence-corrected chi connectivity index (χ1v) is 5.04. The van der Waals surface area contributed by atoms with Crippen LogP contribution in [0.15, 0.2) is 0 Å². The van der Waals surface area contributed by atoms with Crippen LogP contribution in [0, 0.1) is 16.7 Å². The van der Waals surface area contributed by atoms with Crippen LogP contribution < -0.4 is 0 Å². The quantitative estimate of drug-likeness (QED) is 0.480. The van der Waals surface area contributed by atoms with Crippen molar-refractivity contribution >= 4 is 22.6 Å². The Morgan fingerprint density at radius 3 is 2.38 bits per heavy atom. The van der Waals surface area contributed by atoms with E-state index in [9.17, 15) is 9.59 Å². The van der Waals surface area contributed by atoms with Crippen LogP contribution in [0.1, 0.15) is 33.1 Å². The van der Waals surface area contributed by atoms with Crippen molar-refractivity contribution in [3.8, 4) is 0 Å². The van der Waals surface area contributed by atoms with Crippen LogP contribution in [-0.2, 0) is 9.59 Å². The highest BCUT2D eigenvalue weighted by Gasteiger charge is 2.67. The Morgan fingerprint density at radius 1 is 1.54 bits per heavy atom. The van der Waals surface area contributed by atoms with E-state index in [0.717, 1.165) is 6.42 Å². The molecule has 0 amide bonds. The van der Waals surface area contributed by atoms with Crippen LogP contribution in [0.3, 0.4) is 0 Å². The van der Waals surface area contributed by atoms with Crippen LogP contribution in [0.5, 0.6) is 0 Å². The van der Waals surface area contributed by atoms with Gasteiger partial charge in [0.1, 0.15) is 11.2 Å². The molecule has 0 unspecified atom stereocenters. The number of hydrogen-bond donors (Lipinski definition) is 0. The van der Waals surface area contributed by atoms with E-state index in [1.165, 1.54) is 0 Å². The summed E-state index contributed by atoms with van der Waals surface area (Å²) in [6, 6.07) is 0. The number of hydrogen-bond acceptors (Lipinski definition) is 2. The Labute approximate surface area is 82.6 Å². The topological polar surface area (TPSA) is 34.1 Å². The zero-order valence-corrected chi connectivity index (χ0v) is 8.65. The Balaban J connectivity index is 2.55. The summed E-state index contributed by atoms with van der Waals surface area (Å²) in [4.78, 5) is 23.1. The Hall–Kier alpha value is -0.370. The van der Waals surface area contributed by atoms with Crippen molar-refractivity contribution in [1.82, 2.24) is 0 Å². The first kappa shape index (κ1) is 9.20. The van der Waals surface area contributed by atoms with E-state index in [1.807, 2.05) is 13.8 Å². The zero-order chi connectivity index (χ0) is 9.85. The summed E-state index contributed by atoms with van der Waals surface area (Å²) in [5.41, 5.74) is -1.07. The van der Waals surface area contributed by atoms with E-state index in [2.05, 4.69) is 0 Å². The molecule has 0 aromatic rings. The molecule has 2 aliphatic rings. The highest BCUT2D eigenvalue weighted by Crippen LogP contribution is 2.64. The summed E-state index contributed by atoms with van der Waals surface area (Å²) in [6.45, 7) is 3.99. The van der Waals surface area contributed by atoms with Crippen molar-refractivity contribution in [2.75, 3.05) is 0 Å². The average molecular weight is 201 g/mol. The molecule has 2 bridgehead atoms. The van der Waals surface area contributed by atoms with Gasteiger partial charge >= 0.3 is 0 Å². The number of fused-ring (bicyclic) bond motifs is 2. The summed E-state index contributed by atoms with van der Waals surface area (Å²) >= 11 is 5.59. The molecule has 72 valence electrons. The maximum atomic E-state index is 11.7. The van der Waals surface area contributed by atoms with Gasteiger partial charge in [-0.05, 0) is 35.8 Å². The van der Waals surface area contributed by atoms with Crippen LogP contribution in [0.25, 0.3) is 0 Å². The van der Waals surface area contributed by atoms with Gasteiger partial charge in [0.05, 0.1) is 0 Å². The zero-order valence-electron chi connectivity index (χ0n) is 7.89. The van der Waals surface area contributed by atoms with Gasteiger partial charge in [-0.15, -0.1) is 0 Å². The summed E-state index contributed by atoms with van der Waals surface area (Å²) in [6.07, 6.45) is 2.18. The molecule has 3 heteroatoms. The Bertz CT molecular complexity index is 295. The van der Waals surface area contributed by atoms with Gasteiger partial charge in [0.15, 0.2) is 0 Å². The molecule has 13 heavy (non-hydrogen) atoms. The molecule has 0 aromatic carbocycles. The number of carbonyl (C=O) groups is 2. The molecule has 0 aromatic heterocycles. The second-order valence-corrected chi connectivity index (χ2v) is 5.11. The SMILES string of the molecule is CC1(C)[C@@H]2CC[C@]1(C(=O)Cl)C(=O)C2. The number of carbonyl (C=O) groups excluding carboxylic acids is 2. The van der Waals surface area contributed by atoms with Crippen LogP contribution in [0.2, 0.25) is 0 Å². The van der Waals surface area contributed by atoms with Gasteiger partial charge in [0, 0.05) is 6.42 Å². The van der Waals surface area contributed by atoms with Gasteiger partial charge in [-0.3, -0.25) is 9.59 Å². The molecular weight excluding hydrogens is 188 g/mol. The third-order valence-electron chi connectivity index (χ3n) is 4.23. The number of Topliss-reactive ketones (excluding diaryl/α,β-unsaturated/α-hetero) is 1. The lowest BCUT2D eigenvalue weighted by atomic mass is 9.70. The molecular formula is C10H13ClO2. The highest BCUT2D eigenvalue weighted by atomic mass is 35.5. The molecule has 0 radical (unpaired) electrons. The van der Waals surface area contributed by atoms with Crippen LogP contribution >= 0.6 is 11.6 Å². The normalized spacial score (nSPS) is 41.2. The smallest absolute Gasteiger partial charge is 0.235 e. The summed E-state index contributed by atoms with van der Waals surface area (Å²) in [5.74, 6) is 0.427. The van der Waals surface area contributed by atoms with Crippen molar-refractivity contribution in [3.63, 3.8) is 0 Å². The molecule has 0 aliphatic heterocycles. The van der Waals surface area contributed by atoms with Crippen molar-refractivity contribution in [3.05, 3.63) is 0 Å². The van der Waals surface area contributed by atoms with Crippen molar-refractivity contribution in [2.24, 2.45) is 16.7 Å². The van der Waals surface area contributed by atoms with Gasteiger partial charge in [0.25, 0.3) is 0 Å². The van der Waals surface area contributed by atoms with Gasteiger partial charge < -0.3 is 0 Å². The van der Waals surface area contributed by atoms with Gasteiger partial charge in [-0.1, -0.05) is 13.8 Å². The van der Waals surface area contributed by atoms with Gasteiger partial charge in [-0.25, -0.2) is 0 Å². The van der Waals surface area contributed by atoms with Gasteiger partial charge in [0.2, 0.25) is 5.24 Å². The van der Waals surface area contributed by atoms with E-state index in [-0.39, 0.29) is 11.2 Å². The summed E-state index contributed by atoms with van der Waals surface area (Å²) in [5, 5.41) is -0.442. The molecule has 2 aliphatic carbocycles. The molecule has 0 heterocycles. The monoisotopic (exact) mass is 200 g/mol. The fraction of sp³-hybridized carbons (Fsp3) is 0.800. The third-order valence-corrected chi connectivity index (χ3v) is 4.55. The Morgan fingerprint density at radius 2 is 2.15 bits per heavy atom. The number of halogens is 1. The fourth-order valence-electron chi connectivity index (χ4n) is 3.14. The first-order chi connectivity index (χ1) is 5.93. The van der Waals surface area contributed by atoms with E-state index < -0.39 is 10.7 Å². The molecule has 0 spiro atoms. The largest absolute Gasteiger partial charge is 0.298 e. The van der Waals surface area contributed by atoms with E-state index in [0.29, 0.717) is 18.8 Å². The van der Waals surface area contributed by atoms with Crippen LogP contribution in [-0.4, -0.2) is 11.0 Å². The highest BCUT2D eigenvalue weighted by molar-refractivity contribution is 6.66. The average Bonchev–Trinajstić information content (AvgIpc) is 2.35. The molecule has 2 saturated carbocycles. The van der Waals surface area contributed by atoms with Crippen molar-refractivity contribution < 1.29 is 9.59 Å². The minimum absolute atomic E-state index is 0.0637. The molecule has 0 N–H and O–H groups in total. The molecule has 2 fully saturated rings. The third kappa shape index (κ3) is 0.804. The second-order valence-electron chi connectivity index (χ2n) is 4.76. The molecule has 2 nitrogen and oxygen atoms in total. The second kappa shape index (κ2) is 2.35. The molecule has 0 saturated heterocycles. The Kier molecular flexibility index (Phi) is 1.66. The van der Waals surface area contributed by atoms with Crippen molar-refractivity contribution in [2.45, 2.75) is 33.1 Å². The predicted molar refractivity (Wildman–Crippen MR) is 49.4 cm³/mol. The van der Waals surface area contributed by atoms with Crippen LogP contribution in [0.4, 0.5) is 0 Å². The van der Waals surface area contributed by atoms with E-state index in [1.54, 1.807) is 0 Å². The summed E-state index contributed by atoms with van der Waals surface area (Å²) < 4.78 is 0. The minimum Gasteiger partial charge on any atom is -0.298 e. The molecule has 2 rings (SSSR count). The maximum absolute atomic E-state index is 11.7. The fourth-order valence-corrected chi connectivity index (χ4v) is 3.58. The predicted octanol–water partition coefficient (Wildman–Crippen LogP) is 2.15. The lowest BCUT2D eigenvalue weighted by molar-refractivity contribution is -0.138. The van der Waals surface area contributed by atoms with Crippen molar-refractivity contribution in [1.29, 1.82) is 0 Å². The molecule has 2 atom stereocenters.